The lowest BCUT2D eigenvalue weighted by Gasteiger charge is -2.26. The Labute approximate surface area is 130 Å². The maximum absolute atomic E-state index is 6.17. The van der Waals surface area contributed by atoms with Crippen LogP contribution in [-0.4, -0.2) is 5.60 Å². The van der Waals surface area contributed by atoms with E-state index in [1.165, 1.54) is 5.56 Å². The molecule has 0 fully saturated rings. The molecule has 1 heteroatoms. The van der Waals surface area contributed by atoms with Gasteiger partial charge in [0.05, 0.1) is 0 Å². The third-order valence-corrected chi connectivity index (χ3v) is 3.76. The highest BCUT2D eigenvalue weighted by molar-refractivity contribution is 5.28. The average molecular weight is 286 g/mol. The first kappa shape index (κ1) is 17.6. The van der Waals surface area contributed by atoms with Gasteiger partial charge >= 0.3 is 0 Å². The van der Waals surface area contributed by atoms with E-state index in [1.807, 2.05) is 0 Å². The maximum Gasteiger partial charge on any atom is 0.124 e. The van der Waals surface area contributed by atoms with Crippen LogP contribution in [0.2, 0.25) is 0 Å². The van der Waals surface area contributed by atoms with Crippen LogP contribution in [0.3, 0.4) is 0 Å². The Morgan fingerprint density at radius 1 is 0.952 bits per heavy atom. The van der Waals surface area contributed by atoms with Gasteiger partial charge in [0.15, 0.2) is 0 Å². The molecule has 0 radical (unpaired) electrons. The zero-order valence-corrected chi connectivity index (χ0v) is 14.1. The van der Waals surface area contributed by atoms with Crippen molar-refractivity contribution in [3.63, 3.8) is 0 Å². The van der Waals surface area contributed by atoms with Gasteiger partial charge in [-0.3, -0.25) is 0 Å². The molecule has 0 heterocycles. The van der Waals surface area contributed by atoms with Crippen LogP contribution in [0, 0.1) is 0 Å². The Morgan fingerprint density at radius 3 is 2.19 bits per heavy atom. The fourth-order valence-electron chi connectivity index (χ4n) is 2.10. The Morgan fingerprint density at radius 2 is 1.62 bits per heavy atom. The highest BCUT2D eigenvalue weighted by Crippen LogP contribution is 2.23. The Balaban J connectivity index is 2.57. The van der Waals surface area contributed by atoms with Gasteiger partial charge in [-0.1, -0.05) is 51.1 Å². The monoisotopic (exact) mass is 286 g/mol. The minimum atomic E-state index is -0.220. The Kier molecular flexibility index (Phi) is 7.89. The molecule has 0 N–H and O–H groups in total. The minimum Gasteiger partial charge on any atom is -0.484 e. The fraction of sp³-hybridized carbons (Fsp3) is 0.500. The van der Waals surface area contributed by atoms with Gasteiger partial charge in [-0.05, 0) is 62.8 Å². The van der Waals surface area contributed by atoms with Crippen molar-refractivity contribution in [2.75, 3.05) is 0 Å². The molecular weight excluding hydrogens is 256 g/mol. The Hall–Kier alpha value is -1.50. The molecule has 0 aliphatic heterocycles. The predicted octanol–water partition coefficient (Wildman–Crippen LogP) is 6.10. The predicted molar refractivity (Wildman–Crippen MR) is 92.9 cm³/mol. The summed E-state index contributed by atoms with van der Waals surface area (Å²) in [6.07, 6.45) is 14.2. The number of allylic oxidation sites excluding steroid dienone is 3. The molecule has 1 aromatic carbocycles. The van der Waals surface area contributed by atoms with Crippen LogP contribution in [0.25, 0.3) is 0 Å². The largest absolute Gasteiger partial charge is 0.484 e. The smallest absolute Gasteiger partial charge is 0.124 e. The van der Waals surface area contributed by atoms with Gasteiger partial charge in [0, 0.05) is 0 Å². The summed E-state index contributed by atoms with van der Waals surface area (Å²) >= 11 is 0. The molecule has 0 aliphatic rings. The van der Waals surface area contributed by atoms with E-state index in [4.69, 9.17) is 4.74 Å². The van der Waals surface area contributed by atoms with Crippen molar-refractivity contribution < 1.29 is 4.74 Å². The molecule has 1 aromatic rings. The van der Waals surface area contributed by atoms with E-state index >= 15 is 0 Å². The minimum absolute atomic E-state index is 0.220. The van der Waals surface area contributed by atoms with E-state index in [2.05, 4.69) is 76.3 Å². The Bertz CT molecular complexity index is 441. The molecule has 1 unspecified atom stereocenters. The van der Waals surface area contributed by atoms with E-state index in [0.29, 0.717) is 0 Å². The van der Waals surface area contributed by atoms with E-state index in [1.54, 1.807) is 0 Å². The van der Waals surface area contributed by atoms with Gasteiger partial charge in [-0.2, -0.15) is 0 Å². The maximum atomic E-state index is 6.17. The van der Waals surface area contributed by atoms with Crippen LogP contribution >= 0.6 is 0 Å². The summed E-state index contributed by atoms with van der Waals surface area (Å²) in [5, 5.41) is 0. The van der Waals surface area contributed by atoms with E-state index in [-0.39, 0.29) is 5.60 Å². The number of rotatable bonds is 9. The topological polar surface area (TPSA) is 9.23 Å². The first-order valence-corrected chi connectivity index (χ1v) is 8.24. The molecule has 0 spiro atoms. The third kappa shape index (κ3) is 6.66. The lowest BCUT2D eigenvalue weighted by Crippen LogP contribution is -2.28. The number of hydrogen-bond donors (Lipinski definition) is 0. The van der Waals surface area contributed by atoms with Crippen molar-refractivity contribution in [3.05, 3.63) is 54.1 Å². The molecule has 0 aromatic heterocycles. The van der Waals surface area contributed by atoms with Crippen LogP contribution in [0.5, 0.6) is 5.75 Å². The number of aryl methyl sites for hydroxylation is 1. The first-order chi connectivity index (χ1) is 10.1. The second-order valence-electron chi connectivity index (χ2n) is 5.63. The molecule has 1 nitrogen and oxygen atoms in total. The number of unbranched alkanes of at least 4 members (excludes halogenated alkanes) is 1. The summed E-state index contributed by atoms with van der Waals surface area (Å²) in [4.78, 5) is 0. The normalized spacial score (nSPS) is 14.7. The summed E-state index contributed by atoms with van der Waals surface area (Å²) < 4.78 is 6.17. The van der Waals surface area contributed by atoms with Crippen LogP contribution in [-0.2, 0) is 6.42 Å². The van der Waals surface area contributed by atoms with Crippen LogP contribution in [0.15, 0.2) is 48.6 Å². The standard InChI is InChI=1S/C20H30O/c1-5-8-9-10-11-12-17-20(4,7-3)21-19-15-13-18(6-2)14-16-19/h8-9,12-17H,5-7,10-11H2,1-4H3/b9-8+,17-12+. The van der Waals surface area contributed by atoms with Gasteiger partial charge < -0.3 is 4.74 Å². The van der Waals surface area contributed by atoms with E-state index in [0.717, 1.165) is 37.9 Å². The fourth-order valence-corrected chi connectivity index (χ4v) is 2.10. The third-order valence-electron chi connectivity index (χ3n) is 3.76. The molecule has 0 saturated carbocycles. The van der Waals surface area contributed by atoms with Gasteiger partial charge in [-0.25, -0.2) is 0 Å². The molecule has 116 valence electrons. The quantitative estimate of drug-likeness (QED) is 0.394. The van der Waals surface area contributed by atoms with E-state index < -0.39 is 0 Å². The molecule has 0 saturated heterocycles. The van der Waals surface area contributed by atoms with Gasteiger partial charge in [0.25, 0.3) is 0 Å². The van der Waals surface area contributed by atoms with E-state index in [9.17, 15) is 0 Å². The molecule has 1 atom stereocenters. The summed E-state index contributed by atoms with van der Waals surface area (Å²) in [7, 11) is 0. The number of ether oxygens (including phenoxy) is 1. The zero-order valence-electron chi connectivity index (χ0n) is 14.1. The summed E-state index contributed by atoms with van der Waals surface area (Å²) in [6.45, 7) is 8.65. The zero-order chi connectivity index (χ0) is 15.6. The van der Waals surface area contributed by atoms with Gasteiger partial charge in [-0.15, -0.1) is 0 Å². The van der Waals surface area contributed by atoms with Crippen molar-refractivity contribution >= 4 is 0 Å². The summed E-state index contributed by atoms with van der Waals surface area (Å²) in [5.41, 5.74) is 1.13. The van der Waals surface area contributed by atoms with Crippen LogP contribution in [0.4, 0.5) is 0 Å². The van der Waals surface area contributed by atoms with Crippen molar-refractivity contribution in [1.82, 2.24) is 0 Å². The van der Waals surface area contributed by atoms with Gasteiger partial charge in [0.1, 0.15) is 11.4 Å². The second-order valence-corrected chi connectivity index (χ2v) is 5.63. The molecule has 0 amide bonds. The highest BCUT2D eigenvalue weighted by Gasteiger charge is 2.20. The van der Waals surface area contributed by atoms with Crippen molar-refractivity contribution in [2.24, 2.45) is 0 Å². The molecule has 1 rings (SSSR count). The number of benzene rings is 1. The van der Waals surface area contributed by atoms with Gasteiger partial charge in [0.2, 0.25) is 0 Å². The SMILES string of the molecule is CC/C=C/CC/C=C/C(C)(CC)Oc1ccc(CC)cc1. The van der Waals surface area contributed by atoms with Crippen molar-refractivity contribution in [2.45, 2.75) is 65.4 Å². The lowest BCUT2D eigenvalue weighted by atomic mass is 10.0. The molecular formula is C20H30O. The van der Waals surface area contributed by atoms with Crippen LogP contribution < -0.4 is 4.74 Å². The second kappa shape index (κ2) is 9.44. The van der Waals surface area contributed by atoms with Crippen molar-refractivity contribution in [3.8, 4) is 5.75 Å². The summed E-state index contributed by atoms with van der Waals surface area (Å²) in [5.74, 6) is 0.951. The molecule has 0 aliphatic carbocycles. The lowest BCUT2D eigenvalue weighted by molar-refractivity contribution is 0.136. The molecule has 21 heavy (non-hydrogen) atoms. The van der Waals surface area contributed by atoms with Crippen molar-refractivity contribution in [1.29, 1.82) is 0 Å². The highest BCUT2D eigenvalue weighted by atomic mass is 16.5. The number of hydrogen-bond acceptors (Lipinski definition) is 1. The molecule has 0 bridgehead atoms. The first-order valence-electron chi connectivity index (χ1n) is 8.24. The average Bonchev–Trinajstić information content (AvgIpc) is 2.51. The van der Waals surface area contributed by atoms with Crippen LogP contribution in [0.1, 0.15) is 58.9 Å². The summed E-state index contributed by atoms with van der Waals surface area (Å²) in [6, 6.07) is 8.43.